The second kappa shape index (κ2) is 3.72. The summed E-state index contributed by atoms with van der Waals surface area (Å²) >= 11 is 0. The SMILES string of the molecule is O=c1[nH]c2cc(C3CCNC3)ccc2n1C1CC1. The van der Waals surface area contributed by atoms with E-state index in [9.17, 15) is 4.79 Å². The van der Waals surface area contributed by atoms with E-state index in [1.165, 1.54) is 12.0 Å². The minimum atomic E-state index is 0.0502. The van der Waals surface area contributed by atoms with Gasteiger partial charge in [-0.1, -0.05) is 6.07 Å². The molecule has 2 fully saturated rings. The number of benzene rings is 1. The van der Waals surface area contributed by atoms with E-state index in [4.69, 9.17) is 0 Å². The van der Waals surface area contributed by atoms with E-state index in [-0.39, 0.29) is 5.69 Å². The number of hydrogen-bond acceptors (Lipinski definition) is 2. The summed E-state index contributed by atoms with van der Waals surface area (Å²) in [6.45, 7) is 2.15. The molecule has 0 radical (unpaired) electrons. The van der Waals surface area contributed by atoms with Gasteiger partial charge in [0, 0.05) is 12.6 Å². The van der Waals surface area contributed by atoms with Crippen LogP contribution in [0.3, 0.4) is 0 Å². The van der Waals surface area contributed by atoms with E-state index in [0.717, 1.165) is 37.0 Å². The van der Waals surface area contributed by atoms with E-state index in [1.807, 2.05) is 4.57 Å². The van der Waals surface area contributed by atoms with Crippen molar-refractivity contribution in [3.63, 3.8) is 0 Å². The van der Waals surface area contributed by atoms with Gasteiger partial charge in [0.2, 0.25) is 0 Å². The fourth-order valence-corrected chi connectivity index (χ4v) is 3.04. The highest BCUT2D eigenvalue weighted by molar-refractivity contribution is 5.76. The molecule has 1 aromatic carbocycles. The predicted octanol–water partition coefficient (Wildman–Crippen LogP) is 1.74. The molecule has 1 saturated heterocycles. The maximum atomic E-state index is 11.9. The third-order valence-electron chi connectivity index (χ3n) is 4.18. The first-order chi connectivity index (χ1) is 8.83. The largest absolute Gasteiger partial charge is 0.326 e. The summed E-state index contributed by atoms with van der Waals surface area (Å²) < 4.78 is 1.92. The van der Waals surface area contributed by atoms with Gasteiger partial charge in [0.15, 0.2) is 0 Å². The molecule has 1 saturated carbocycles. The predicted molar refractivity (Wildman–Crippen MR) is 71.1 cm³/mol. The van der Waals surface area contributed by atoms with Crippen molar-refractivity contribution >= 4 is 11.0 Å². The Bertz CT molecular complexity index is 645. The third kappa shape index (κ3) is 1.52. The van der Waals surface area contributed by atoms with Crippen LogP contribution in [0, 0.1) is 0 Å². The number of aromatic amines is 1. The number of fused-ring (bicyclic) bond motifs is 1. The van der Waals surface area contributed by atoms with Crippen molar-refractivity contribution in [1.82, 2.24) is 14.9 Å². The summed E-state index contributed by atoms with van der Waals surface area (Å²) in [6, 6.07) is 6.89. The maximum Gasteiger partial charge on any atom is 0.326 e. The van der Waals surface area contributed by atoms with E-state index in [2.05, 4.69) is 28.5 Å². The Morgan fingerprint density at radius 3 is 2.83 bits per heavy atom. The zero-order valence-corrected chi connectivity index (χ0v) is 10.3. The molecule has 94 valence electrons. The van der Waals surface area contributed by atoms with Gasteiger partial charge >= 0.3 is 5.69 Å². The Hall–Kier alpha value is -1.55. The molecule has 2 N–H and O–H groups in total. The van der Waals surface area contributed by atoms with E-state index < -0.39 is 0 Å². The lowest BCUT2D eigenvalue weighted by Crippen LogP contribution is -2.14. The molecule has 0 bridgehead atoms. The van der Waals surface area contributed by atoms with Crippen LogP contribution in [0.4, 0.5) is 0 Å². The molecule has 4 nitrogen and oxygen atoms in total. The molecule has 1 aromatic heterocycles. The van der Waals surface area contributed by atoms with Crippen molar-refractivity contribution in [2.24, 2.45) is 0 Å². The molecule has 4 heteroatoms. The van der Waals surface area contributed by atoms with E-state index in [1.54, 1.807) is 0 Å². The average molecular weight is 243 g/mol. The molecule has 0 amide bonds. The molecule has 18 heavy (non-hydrogen) atoms. The molecule has 2 aromatic rings. The summed E-state index contributed by atoms with van der Waals surface area (Å²) in [5.41, 5.74) is 3.46. The van der Waals surface area contributed by atoms with Gasteiger partial charge in [-0.3, -0.25) is 4.57 Å². The molecular formula is C14H17N3O. The van der Waals surface area contributed by atoms with Crippen LogP contribution in [-0.2, 0) is 0 Å². The molecular weight excluding hydrogens is 226 g/mol. The van der Waals surface area contributed by atoms with Crippen LogP contribution in [0.15, 0.2) is 23.0 Å². The quantitative estimate of drug-likeness (QED) is 0.844. The summed E-state index contributed by atoms with van der Waals surface area (Å²) in [6.07, 6.45) is 3.47. The standard InChI is InChI=1S/C14H17N3O/c18-14-16-12-7-9(10-5-6-15-8-10)1-4-13(12)17(14)11-2-3-11/h1,4,7,10-11,15H,2-3,5-6,8H2,(H,16,18). The van der Waals surface area contributed by atoms with Crippen LogP contribution >= 0.6 is 0 Å². The van der Waals surface area contributed by atoms with Gasteiger partial charge in [0.1, 0.15) is 0 Å². The van der Waals surface area contributed by atoms with Crippen molar-refractivity contribution in [2.75, 3.05) is 13.1 Å². The zero-order valence-electron chi connectivity index (χ0n) is 10.3. The lowest BCUT2D eigenvalue weighted by molar-refractivity contribution is 0.733. The first-order valence-electron chi connectivity index (χ1n) is 6.78. The molecule has 0 spiro atoms. The number of rotatable bonds is 2. The first-order valence-corrected chi connectivity index (χ1v) is 6.78. The van der Waals surface area contributed by atoms with Crippen LogP contribution in [-0.4, -0.2) is 22.6 Å². The smallest absolute Gasteiger partial charge is 0.316 e. The zero-order chi connectivity index (χ0) is 12.1. The Morgan fingerprint density at radius 1 is 1.22 bits per heavy atom. The molecule has 1 atom stereocenters. The van der Waals surface area contributed by atoms with Crippen LogP contribution < -0.4 is 11.0 Å². The Labute approximate surface area is 105 Å². The highest BCUT2D eigenvalue weighted by Crippen LogP contribution is 2.36. The van der Waals surface area contributed by atoms with Crippen molar-refractivity contribution in [3.05, 3.63) is 34.2 Å². The maximum absolute atomic E-state index is 11.9. The van der Waals surface area contributed by atoms with Crippen molar-refractivity contribution in [2.45, 2.75) is 31.2 Å². The average Bonchev–Trinajstić information content (AvgIpc) is 2.93. The fraction of sp³-hybridized carbons (Fsp3) is 0.500. The summed E-state index contributed by atoms with van der Waals surface area (Å²) in [7, 11) is 0. The van der Waals surface area contributed by atoms with Gasteiger partial charge in [-0.15, -0.1) is 0 Å². The van der Waals surface area contributed by atoms with Crippen LogP contribution in [0.2, 0.25) is 0 Å². The molecule has 2 heterocycles. The van der Waals surface area contributed by atoms with E-state index >= 15 is 0 Å². The topological polar surface area (TPSA) is 49.8 Å². The molecule has 2 aliphatic rings. The van der Waals surface area contributed by atoms with Crippen molar-refractivity contribution in [3.8, 4) is 0 Å². The molecule has 4 rings (SSSR count). The molecule has 1 unspecified atom stereocenters. The van der Waals surface area contributed by atoms with Crippen LogP contribution in [0.25, 0.3) is 11.0 Å². The lowest BCUT2D eigenvalue weighted by Gasteiger charge is -2.08. The number of nitrogens with one attached hydrogen (secondary N) is 2. The highest BCUT2D eigenvalue weighted by atomic mass is 16.1. The van der Waals surface area contributed by atoms with Crippen LogP contribution in [0.5, 0.6) is 0 Å². The summed E-state index contributed by atoms with van der Waals surface area (Å²) in [5, 5.41) is 3.39. The number of hydrogen-bond donors (Lipinski definition) is 2. The minimum absolute atomic E-state index is 0.0502. The molecule has 1 aliphatic heterocycles. The Balaban J connectivity index is 1.83. The van der Waals surface area contributed by atoms with Gasteiger partial charge in [-0.2, -0.15) is 0 Å². The van der Waals surface area contributed by atoms with E-state index in [0.29, 0.717) is 12.0 Å². The summed E-state index contributed by atoms with van der Waals surface area (Å²) in [4.78, 5) is 14.9. The third-order valence-corrected chi connectivity index (χ3v) is 4.18. The summed E-state index contributed by atoms with van der Waals surface area (Å²) in [5.74, 6) is 0.599. The number of nitrogens with zero attached hydrogens (tertiary/aromatic N) is 1. The van der Waals surface area contributed by atoms with Gasteiger partial charge < -0.3 is 10.3 Å². The Kier molecular flexibility index (Phi) is 2.14. The van der Waals surface area contributed by atoms with Gasteiger partial charge in [-0.05, 0) is 49.4 Å². The number of H-pyrrole nitrogens is 1. The fourth-order valence-electron chi connectivity index (χ4n) is 3.04. The molecule has 1 aliphatic carbocycles. The number of aromatic nitrogens is 2. The monoisotopic (exact) mass is 243 g/mol. The highest BCUT2D eigenvalue weighted by Gasteiger charge is 2.27. The normalized spacial score (nSPS) is 23.9. The van der Waals surface area contributed by atoms with Crippen molar-refractivity contribution in [1.29, 1.82) is 0 Å². The van der Waals surface area contributed by atoms with Gasteiger partial charge in [-0.25, -0.2) is 4.79 Å². The van der Waals surface area contributed by atoms with Gasteiger partial charge in [0.05, 0.1) is 11.0 Å². The van der Waals surface area contributed by atoms with Gasteiger partial charge in [0.25, 0.3) is 0 Å². The second-order valence-electron chi connectivity index (χ2n) is 5.50. The lowest BCUT2D eigenvalue weighted by atomic mass is 9.98. The van der Waals surface area contributed by atoms with Crippen molar-refractivity contribution < 1.29 is 0 Å². The second-order valence-corrected chi connectivity index (χ2v) is 5.50. The Morgan fingerprint density at radius 2 is 2.11 bits per heavy atom. The van der Waals surface area contributed by atoms with Crippen LogP contribution in [0.1, 0.15) is 36.8 Å². The minimum Gasteiger partial charge on any atom is -0.316 e. The first kappa shape index (κ1) is 10.4. The number of imidazole rings is 1.